The van der Waals surface area contributed by atoms with Gasteiger partial charge in [0.05, 0.1) is 63.0 Å². The van der Waals surface area contributed by atoms with Gasteiger partial charge in [0.15, 0.2) is 12.6 Å². The van der Waals surface area contributed by atoms with Gasteiger partial charge in [0.25, 0.3) is 11.8 Å². The van der Waals surface area contributed by atoms with Gasteiger partial charge in [-0.05, 0) is 113 Å². The van der Waals surface area contributed by atoms with Crippen LogP contribution in [0.2, 0.25) is 15.5 Å². The van der Waals surface area contributed by atoms with Gasteiger partial charge in [-0.1, -0.05) is 34.8 Å². The molecule has 5 heterocycles. The van der Waals surface area contributed by atoms with Gasteiger partial charge in [-0.25, -0.2) is 35.6 Å². The number of benzene rings is 4. The van der Waals surface area contributed by atoms with Crippen LogP contribution in [0.5, 0.6) is 0 Å². The summed E-state index contributed by atoms with van der Waals surface area (Å²) in [5.74, 6) is -1.32. The largest absolute Gasteiger partial charge is 0.497 e. The van der Waals surface area contributed by atoms with E-state index in [0.29, 0.717) is 56.7 Å². The van der Waals surface area contributed by atoms with Gasteiger partial charge in [-0.2, -0.15) is 0 Å². The Labute approximate surface area is 474 Å². The summed E-state index contributed by atoms with van der Waals surface area (Å²) < 4.78 is 103. The fourth-order valence-electron chi connectivity index (χ4n) is 8.04. The number of carbonyl (C=O) groups excluding carboxylic acids is 4. The summed E-state index contributed by atoms with van der Waals surface area (Å²) in [5.41, 5.74) is 2.61. The van der Waals surface area contributed by atoms with E-state index in [1.54, 1.807) is 18.2 Å². The highest BCUT2D eigenvalue weighted by atomic mass is 35.5. The molecule has 2 amide bonds. The Balaban J connectivity index is 0.000000197. The van der Waals surface area contributed by atoms with E-state index in [0.717, 1.165) is 21.1 Å². The molecule has 0 aliphatic carbocycles. The van der Waals surface area contributed by atoms with E-state index >= 15 is 0 Å². The van der Waals surface area contributed by atoms with Gasteiger partial charge in [-0.3, -0.25) is 27.8 Å². The zero-order valence-corrected chi connectivity index (χ0v) is 48.3. The number of hydrogen-bond donors (Lipinski definition) is 2. The number of amides is 2. The highest BCUT2D eigenvalue weighted by molar-refractivity contribution is 7.92. The SMILES string of the molecule is CNC(=O)c1c(-c2ccc(F)cc2)oc2cc(N(C)S(C)(=O)=O)c(-c3ccc(C=O)c(Cl)n3)cc12.CNC(=O)c1c(-c2ccc(F)cc2)oc2cc(N(C)S(C)(=O)=O)c(B3OC(C)(C)C(C)(C)O3)cc12.O=Cc1ccc(Cl)nc1Cl. The molecule has 0 unspecified atom stereocenters. The van der Waals surface area contributed by atoms with Gasteiger partial charge in [0, 0.05) is 73.2 Å². The van der Waals surface area contributed by atoms with Crippen molar-refractivity contribution in [3.8, 4) is 33.9 Å². The first-order valence-electron chi connectivity index (χ1n) is 23.7. The minimum Gasteiger partial charge on any atom is -0.455 e. The monoisotopic (exact) mass is 1190 g/mol. The predicted molar refractivity (Wildman–Crippen MR) is 305 cm³/mol. The second-order valence-electron chi connectivity index (χ2n) is 18.9. The number of aromatic nitrogens is 2. The number of rotatable bonds is 12. The number of nitrogens with one attached hydrogen (secondary N) is 2. The maximum Gasteiger partial charge on any atom is 0.497 e. The molecule has 0 atom stereocenters. The fraction of sp³-hybridized carbons (Fsp3) is 0.222. The number of fused-ring (bicyclic) bond motifs is 2. The van der Waals surface area contributed by atoms with Gasteiger partial charge in [0.2, 0.25) is 20.0 Å². The summed E-state index contributed by atoms with van der Waals surface area (Å²) in [6.45, 7) is 7.58. The van der Waals surface area contributed by atoms with E-state index in [4.69, 9.17) is 52.9 Å². The van der Waals surface area contributed by atoms with Crippen LogP contribution in [0.3, 0.4) is 0 Å². The number of sulfonamides is 2. The minimum atomic E-state index is -3.71. The molecule has 26 heteroatoms. The first-order chi connectivity index (χ1) is 37.4. The van der Waals surface area contributed by atoms with Crippen molar-refractivity contribution in [3.63, 3.8) is 0 Å². The van der Waals surface area contributed by atoms with Crippen molar-refractivity contribution in [1.29, 1.82) is 0 Å². The van der Waals surface area contributed by atoms with Crippen molar-refractivity contribution in [2.24, 2.45) is 0 Å². The lowest BCUT2D eigenvalue weighted by atomic mass is 9.77. The topological polar surface area (TPSA) is 238 Å². The van der Waals surface area contributed by atoms with Crippen molar-refractivity contribution >= 4 is 125 Å². The highest BCUT2D eigenvalue weighted by Gasteiger charge is 2.53. The molecule has 1 saturated heterocycles. The number of hydrogen-bond acceptors (Lipinski definition) is 14. The summed E-state index contributed by atoms with van der Waals surface area (Å²) in [4.78, 5) is 55.1. The highest BCUT2D eigenvalue weighted by Crippen LogP contribution is 2.43. The average molecular weight is 1190 g/mol. The molecule has 1 fully saturated rings. The summed E-state index contributed by atoms with van der Waals surface area (Å²) in [7, 11) is -2.51. The van der Waals surface area contributed by atoms with Crippen LogP contribution in [0.25, 0.3) is 55.8 Å². The number of aldehydes is 2. The molecule has 0 radical (unpaired) electrons. The van der Waals surface area contributed by atoms with Crippen LogP contribution >= 0.6 is 34.8 Å². The lowest BCUT2D eigenvalue weighted by Gasteiger charge is -2.32. The normalized spacial score (nSPS) is 13.7. The predicted octanol–water partition coefficient (Wildman–Crippen LogP) is 10.0. The Morgan fingerprint density at radius 1 is 0.613 bits per heavy atom. The quantitative estimate of drug-likeness (QED) is 0.0658. The third-order valence-corrected chi connectivity index (χ3v) is 16.4. The smallest absolute Gasteiger partial charge is 0.455 e. The van der Waals surface area contributed by atoms with Crippen LogP contribution in [0.4, 0.5) is 20.2 Å². The van der Waals surface area contributed by atoms with Crippen LogP contribution in [0.1, 0.15) is 69.1 Å². The molecule has 80 heavy (non-hydrogen) atoms. The number of furan rings is 2. The Morgan fingerprint density at radius 2 is 1.02 bits per heavy atom. The summed E-state index contributed by atoms with van der Waals surface area (Å²) in [5, 5.41) is 6.38. The number of pyridine rings is 2. The molecular formula is C54H50BCl3F2N6O12S2. The van der Waals surface area contributed by atoms with E-state index in [1.165, 1.54) is 107 Å². The molecule has 418 valence electrons. The maximum absolute atomic E-state index is 13.5. The summed E-state index contributed by atoms with van der Waals surface area (Å²) in [6, 6.07) is 23.3. The van der Waals surface area contributed by atoms with Crippen LogP contribution in [0.15, 0.2) is 106 Å². The molecule has 1 aliphatic rings. The third-order valence-electron chi connectivity index (χ3n) is 13.2. The lowest BCUT2D eigenvalue weighted by Crippen LogP contribution is -2.41. The number of nitrogens with zero attached hydrogens (tertiary/aromatic N) is 4. The van der Waals surface area contributed by atoms with Crippen molar-refractivity contribution < 1.29 is 62.9 Å². The Kier molecular flexibility index (Phi) is 17.7. The van der Waals surface area contributed by atoms with E-state index in [2.05, 4.69) is 20.6 Å². The first-order valence-corrected chi connectivity index (χ1v) is 28.6. The van der Waals surface area contributed by atoms with Crippen molar-refractivity contribution in [2.45, 2.75) is 38.9 Å². The molecule has 0 spiro atoms. The van der Waals surface area contributed by atoms with E-state index in [9.17, 15) is 44.8 Å². The molecular weight excluding hydrogens is 1140 g/mol. The van der Waals surface area contributed by atoms with Crippen LogP contribution in [0, 0.1) is 11.6 Å². The Morgan fingerprint density at radius 3 is 1.44 bits per heavy atom. The van der Waals surface area contributed by atoms with Crippen molar-refractivity contribution in [1.82, 2.24) is 20.6 Å². The molecule has 1 aliphatic heterocycles. The van der Waals surface area contributed by atoms with Crippen LogP contribution < -0.4 is 24.7 Å². The van der Waals surface area contributed by atoms with E-state index in [1.807, 2.05) is 27.7 Å². The summed E-state index contributed by atoms with van der Waals surface area (Å²) in [6.07, 6.45) is 3.32. The second kappa shape index (κ2) is 23.5. The molecule has 4 aromatic carbocycles. The molecule has 18 nitrogen and oxygen atoms in total. The number of carbonyl (C=O) groups is 4. The molecule has 4 aromatic heterocycles. The summed E-state index contributed by atoms with van der Waals surface area (Å²) >= 11 is 17.1. The first kappa shape index (κ1) is 60.4. The van der Waals surface area contributed by atoms with Gasteiger partial charge < -0.3 is 28.8 Å². The zero-order chi connectivity index (χ0) is 59.0. The Bertz CT molecular complexity index is 3960. The number of halogens is 5. The minimum absolute atomic E-state index is 0.0590. The van der Waals surface area contributed by atoms with E-state index in [-0.39, 0.29) is 66.2 Å². The van der Waals surface area contributed by atoms with Crippen molar-refractivity contribution in [3.05, 3.63) is 146 Å². The third kappa shape index (κ3) is 12.5. The maximum atomic E-state index is 13.5. The number of anilines is 2. The van der Waals surface area contributed by atoms with E-state index < -0.39 is 61.8 Å². The van der Waals surface area contributed by atoms with Gasteiger partial charge in [-0.15, -0.1) is 0 Å². The van der Waals surface area contributed by atoms with Gasteiger partial charge in [0.1, 0.15) is 49.8 Å². The molecule has 0 saturated carbocycles. The van der Waals surface area contributed by atoms with Crippen molar-refractivity contribution in [2.75, 3.05) is 49.3 Å². The molecule has 2 N–H and O–H groups in total. The fourth-order valence-corrected chi connectivity index (χ4v) is 9.65. The van der Waals surface area contributed by atoms with Gasteiger partial charge >= 0.3 is 7.12 Å². The zero-order valence-electron chi connectivity index (χ0n) is 44.4. The lowest BCUT2D eigenvalue weighted by molar-refractivity contribution is 0.00578. The van der Waals surface area contributed by atoms with Crippen LogP contribution in [-0.2, 0) is 29.4 Å². The standard InChI is InChI=1S/C24H28BFN2O6S.C24H19ClFN3O5S.C6H3Cl2NO/c1-23(2)24(3,4)34-25(33-23)17-12-16-19(13-18(17)28(6)35(7,30)31)32-21(20(16)22(29)27-5)14-8-10-15(26)11-9-14;1-27-24(31)21-17-10-16(18-9-6-14(12-30)23(25)28-18)19(29(2)35(3,32)33)11-20(17)34-22(21)13-4-7-15(26)8-5-13;7-5-2-1-4(3-10)6(8)9-5/h8-13H,1-7H3,(H,27,29);4-12H,1-3H3,(H,27,31);1-3H. The Hall–Kier alpha value is -7.25. The molecule has 9 rings (SSSR count). The van der Waals surface area contributed by atoms with Crippen LogP contribution in [-0.4, -0.2) is 110 Å². The molecule has 8 aromatic rings. The second-order valence-corrected chi connectivity index (χ2v) is 24.1. The average Bonchev–Trinajstić information content (AvgIpc) is 4.07. The molecule has 0 bridgehead atoms.